The monoisotopic (exact) mass is 446 g/mol. The van der Waals surface area contributed by atoms with Crippen molar-refractivity contribution in [1.82, 2.24) is 5.32 Å². The Morgan fingerprint density at radius 1 is 1.33 bits per heavy atom. The van der Waals surface area contributed by atoms with E-state index in [9.17, 15) is 4.39 Å². The van der Waals surface area contributed by atoms with Crippen LogP contribution >= 0.6 is 51.5 Å². The molecule has 0 amide bonds. The van der Waals surface area contributed by atoms with Crippen LogP contribution < -0.4 is 10.6 Å². The summed E-state index contributed by atoms with van der Waals surface area (Å²) in [7, 11) is 0. The molecule has 0 aliphatic carbocycles. The fourth-order valence-corrected chi connectivity index (χ4v) is 3.64. The number of nitrogens with one attached hydrogen (secondary N) is 2. The van der Waals surface area contributed by atoms with Gasteiger partial charge in [0.1, 0.15) is 5.82 Å². The predicted octanol–water partition coefficient (Wildman–Crippen LogP) is 5.77. The van der Waals surface area contributed by atoms with Gasteiger partial charge in [-0.1, -0.05) is 33.6 Å². The molecule has 2 aromatic rings. The van der Waals surface area contributed by atoms with Crippen LogP contribution in [0, 0.1) is 12.7 Å². The van der Waals surface area contributed by atoms with Crippen molar-refractivity contribution in [3.63, 3.8) is 0 Å². The second-order valence-corrected chi connectivity index (χ2v) is 7.87. The van der Waals surface area contributed by atoms with Gasteiger partial charge in [0.2, 0.25) is 0 Å². The molecule has 0 heterocycles. The van der Waals surface area contributed by atoms with Crippen LogP contribution in [0.2, 0.25) is 5.02 Å². The van der Waals surface area contributed by atoms with E-state index in [1.807, 2.05) is 25.1 Å². The third-order valence-electron chi connectivity index (χ3n) is 3.26. The first-order valence-electron chi connectivity index (χ1n) is 7.29. The standard InChI is InChI=1S/C17H17BrClFN2S2/c1-11-9-12(5-6-14(11)18)22-17(23)21-7-8-24-10-13-15(19)3-2-4-16(13)20/h2-6,9H,7-8,10H2,1H3,(H2,21,22,23). The molecule has 2 nitrogen and oxygen atoms in total. The first-order chi connectivity index (χ1) is 11.5. The Balaban J connectivity index is 1.70. The number of benzene rings is 2. The second kappa shape index (κ2) is 9.61. The molecule has 0 atom stereocenters. The largest absolute Gasteiger partial charge is 0.362 e. The van der Waals surface area contributed by atoms with Gasteiger partial charge in [-0.25, -0.2) is 4.39 Å². The number of rotatable bonds is 6. The summed E-state index contributed by atoms with van der Waals surface area (Å²) in [5.41, 5.74) is 2.63. The molecule has 2 aromatic carbocycles. The SMILES string of the molecule is Cc1cc(NC(=S)NCCSCc2c(F)cccc2Cl)ccc1Br. The fraction of sp³-hybridized carbons (Fsp3) is 0.235. The van der Waals surface area contributed by atoms with Gasteiger partial charge in [-0.3, -0.25) is 0 Å². The van der Waals surface area contributed by atoms with E-state index in [1.54, 1.807) is 23.9 Å². The maximum atomic E-state index is 13.6. The van der Waals surface area contributed by atoms with Crippen LogP contribution in [0.25, 0.3) is 0 Å². The molecule has 24 heavy (non-hydrogen) atoms. The van der Waals surface area contributed by atoms with Gasteiger partial charge in [-0.2, -0.15) is 11.8 Å². The highest BCUT2D eigenvalue weighted by Gasteiger charge is 2.06. The predicted molar refractivity (Wildman–Crippen MR) is 111 cm³/mol. The maximum Gasteiger partial charge on any atom is 0.170 e. The topological polar surface area (TPSA) is 24.1 Å². The molecule has 0 saturated carbocycles. The molecular formula is C17H17BrClFN2S2. The number of thioether (sulfide) groups is 1. The van der Waals surface area contributed by atoms with Gasteiger partial charge >= 0.3 is 0 Å². The van der Waals surface area contributed by atoms with Crippen molar-refractivity contribution in [2.45, 2.75) is 12.7 Å². The minimum Gasteiger partial charge on any atom is -0.362 e. The van der Waals surface area contributed by atoms with Crippen molar-refractivity contribution in [3.05, 3.63) is 62.8 Å². The lowest BCUT2D eigenvalue weighted by atomic mass is 10.2. The smallest absolute Gasteiger partial charge is 0.170 e. The third-order valence-corrected chi connectivity index (χ3v) is 5.73. The Kier molecular flexibility index (Phi) is 7.81. The van der Waals surface area contributed by atoms with Crippen molar-refractivity contribution in [3.8, 4) is 0 Å². The summed E-state index contributed by atoms with van der Waals surface area (Å²) < 4.78 is 14.7. The zero-order chi connectivity index (χ0) is 17.5. The van der Waals surface area contributed by atoms with E-state index in [0.717, 1.165) is 21.5 Å². The zero-order valence-corrected chi connectivity index (χ0v) is 17.0. The third kappa shape index (κ3) is 5.92. The van der Waals surface area contributed by atoms with E-state index >= 15 is 0 Å². The normalized spacial score (nSPS) is 10.5. The fourth-order valence-electron chi connectivity index (χ4n) is 1.98. The van der Waals surface area contributed by atoms with Crippen molar-refractivity contribution < 1.29 is 4.39 Å². The minimum absolute atomic E-state index is 0.259. The summed E-state index contributed by atoms with van der Waals surface area (Å²) in [6.45, 7) is 2.72. The summed E-state index contributed by atoms with van der Waals surface area (Å²) >= 11 is 16.4. The maximum absolute atomic E-state index is 13.6. The van der Waals surface area contributed by atoms with Crippen molar-refractivity contribution in [2.75, 3.05) is 17.6 Å². The molecular weight excluding hydrogens is 431 g/mol. The lowest BCUT2D eigenvalue weighted by Gasteiger charge is -2.11. The molecule has 0 bridgehead atoms. The number of anilines is 1. The van der Waals surface area contributed by atoms with Crippen LogP contribution in [-0.2, 0) is 5.75 Å². The first-order valence-corrected chi connectivity index (χ1v) is 10.0. The molecule has 2 rings (SSSR count). The average Bonchev–Trinajstić information content (AvgIpc) is 2.53. The molecule has 0 aromatic heterocycles. The van der Waals surface area contributed by atoms with Gasteiger partial charge in [0.05, 0.1) is 0 Å². The van der Waals surface area contributed by atoms with Gasteiger partial charge < -0.3 is 10.6 Å². The van der Waals surface area contributed by atoms with Crippen molar-refractivity contribution in [1.29, 1.82) is 0 Å². The highest BCUT2D eigenvalue weighted by atomic mass is 79.9. The van der Waals surface area contributed by atoms with Gasteiger partial charge in [0, 0.05) is 38.8 Å². The van der Waals surface area contributed by atoms with Gasteiger partial charge in [0.25, 0.3) is 0 Å². The summed E-state index contributed by atoms with van der Waals surface area (Å²) in [6, 6.07) is 10.7. The van der Waals surface area contributed by atoms with Crippen molar-refractivity contribution >= 4 is 62.3 Å². The number of hydrogen-bond donors (Lipinski definition) is 2. The number of halogens is 3. The Morgan fingerprint density at radius 2 is 2.12 bits per heavy atom. The minimum atomic E-state index is -0.259. The van der Waals surface area contributed by atoms with Crippen LogP contribution in [0.4, 0.5) is 10.1 Å². The molecule has 128 valence electrons. The van der Waals surface area contributed by atoms with Crippen LogP contribution in [-0.4, -0.2) is 17.4 Å². The molecule has 0 radical (unpaired) electrons. The number of aryl methyl sites for hydroxylation is 1. The highest BCUT2D eigenvalue weighted by Crippen LogP contribution is 2.23. The molecule has 0 spiro atoms. The Bertz CT molecular complexity index is 707. The van der Waals surface area contributed by atoms with Crippen LogP contribution in [0.3, 0.4) is 0 Å². The zero-order valence-electron chi connectivity index (χ0n) is 13.0. The van der Waals surface area contributed by atoms with E-state index < -0.39 is 0 Å². The summed E-state index contributed by atoms with van der Waals surface area (Å²) in [4.78, 5) is 0. The summed E-state index contributed by atoms with van der Waals surface area (Å²) in [6.07, 6.45) is 0. The molecule has 2 N–H and O–H groups in total. The highest BCUT2D eigenvalue weighted by molar-refractivity contribution is 9.10. The molecule has 0 fully saturated rings. The Hall–Kier alpha value is -0.820. The molecule has 7 heteroatoms. The lowest BCUT2D eigenvalue weighted by molar-refractivity contribution is 0.617. The van der Waals surface area contributed by atoms with Crippen LogP contribution in [0.5, 0.6) is 0 Å². The molecule has 0 aliphatic rings. The Morgan fingerprint density at radius 3 is 2.83 bits per heavy atom. The number of hydrogen-bond acceptors (Lipinski definition) is 2. The Labute approximate surface area is 164 Å². The average molecular weight is 448 g/mol. The summed E-state index contributed by atoms with van der Waals surface area (Å²) in [5.74, 6) is 1.08. The second-order valence-electron chi connectivity index (χ2n) is 5.10. The van der Waals surface area contributed by atoms with E-state index in [4.69, 9.17) is 23.8 Å². The van der Waals surface area contributed by atoms with Crippen LogP contribution in [0.15, 0.2) is 40.9 Å². The quantitative estimate of drug-likeness (QED) is 0.433. The molecule has 0 saturated heterocycles. The van der Waals surface area contributed by atoms with Crippen LogP contribution in [0.1, 0.15) is 11.1 Å². The lowest BCUT2D eigenvalue weighted by Crippen LogP contribution is -2.30. The number of thiocarbonyl (C=S) groups is 1. The van der Waals surface area contributed by atoms with E-state index in [2.05, 4.69) is 26.6 Å². The van der Waals surface area contributed by atoms with Gasteiger partial charge in [-0.05, 0) is 55.0 Å². The van der Waals surface area contributed by atoms with E-state index in [1.165, 1.54) is 6.07 Å². The van der Waals surface area contributed by atoms with E-state index in [-0.39, 0.29) is 5.82 Å². The summed E-state index contributed by atoms with van der Waals surface area (Å²) in [5, 5.41) is 7.33. The first kappa shape index (κ1) is 19.5. The van der Waals surface area contributed by atoms with E-state index in [0.29, 0.717) is 28.0 Å². The van der Waals surface area contributed by atoms with Gasteiger partial charge in [-0.15, -0.1) is 0 Å². The van der Waals surface area contributed by atoms with Gasteiger partial charge in [0.15, 0.2) is 5.11 Å². The van der Waals surface area contributed by atoms with Crippen molar-refractivity contribution in [2.24, 2.45) is 0 Å². The molecule has 0 aliphatic heterocycles. The molecule has 0 unspecified atom stereocenters.